The van der Waals surface area contributed by atoms with Gasteiger partial charge in [0.1, 0.15) is 5.75 Å². The van der Waals surface area contributed by atoms with E-state index in [9.17, 15) is 14.7 Å². The standard InChI is InChI=1S/C21H16BrClN2O3/c22-15-4-2-5-16(11-15)25-21(28)18-8-7-14(10-19(18)23)20(27)24-12-13-3-1-6-17(26)9-13/h1-11,26H,12H2,(H,24,27)(H,25,28). The summed E-state index contributed by atoms with van der Waals surface area (Å²) in [7, 11) is 0. The maximum Gasteiger partial charge on any atom is 0.257 e. The third-order valence-corrected chi connectivity index (χ3v) is 4.73. The van der Waals surface area contributed by atoms with Crippen molar-refractivity contribution in [3.63, 3.8) is 0 Å². The minimum absolute atomic E-state index is 0.135. The largest absolute Gasteiger partial charge is 0.508 e. The van der Waals surface area contributed by atoms with Crippen LogP contribution in [0.1, 0.15) is 26.3 Å². The Morgan fingerprint density at radius 3 is 2.46 bits per heavy atom. The Bertz CT molecular complexity index is 1040. The van der Waals surface area contributed by atoms with E-state index in [0.717, 1.165) is 10.0 Å². The van der Waals surface area contributed by atoms with E-state index in [1.165, 1.54) is 12.1 Å². The van der Waals surface area contributed by atoms with Gasteiger partial charge in [-0.2, -0.15) is 0 Å². The summed E-state index contributed by atoms with van der Waals surface area (Å²) < 4.78 is 0.843. The highest BCUT2D eigenvalue weighted by Gasteiger charge is 2.14. The number of benzene rings is 3. The number of carbonyl (C=O) groups excluding carboxylic acids is 2. The molecule has 0 saturated carbocycles. The second kappa shape index (κ2) is 8.91. The van der Waals surface area contributed by atoms with Crippen molar-refractivity contribution in [2.24, 2.45) is 0 Å². The lowest BCUT2D eigenvalue weighted by atomic mass is 10.1. The van der Waals surface area contributed by atoms with Crippen molar-refractivity contribution < 1.29 is 14.7 Å². The average molecular weight is 460 g/mol. The van der Waals surface area contributed by atoms with Gasteiger partial charge in [-0.05, 0) is 54.1 Å². The van der Waals surface area contributed by atoms with Gasteiger partial charge in [0.15, 0.2) is 0 Å². The van der Waals surface area contributed by atoms with Crippen LogP contribution in [-0.4, -0.2) is 16.9 Å². The first-order valence-corrected chi connectivity index (χ1v) is 9.52. The van der Waals surface area contributed by atoms with Gasteiger partial charge in [0.25, 0.3) is 11.8 Å². The second-order valence-electron chi connectivity index (χ2n) is 6.01. The van der Waals surface area contributed by atoms with Crippen LogP contribution in [0, 0.1) is 0 Å². The molecule has 0 saturated heterocycles. The van der Waals surface area contributed by atoms with E-state index in [4.69, 9.17) is 11.6 Å². The molecule has 142 valence electrons. The van der Waals surface area contributed by atoms with E-state index in [1.807, 2.05) is 6.07 Å². The lowest BCUT2D eigenvalue weighted by molar-refractivity contribution is 0.0949. The van der Waals surface area contributed by atoms with Crippen LogP contribution in [0.4, 0.5) is 5.69 Å². The molecule has 0 aliphatic rings. The predicted octanol–water partition coefficient (Wildman–Crippen LogP) is 4.99. The van der Waals surface area contributed by atoms with Gasteiger partial charge in [-0.15, -0.1) is 0 Å². The topological polar surface area (TPSA) is 78.4 Å². The quantitative estimate of drug-likeness (QED) is 0.503. The Hall–Kier alpha value is -2.83. The number of phenolic OH excluding ortho intramolecular Hbond substituents is 1. The number of nitrogens with one attached hydrogen (secondary N) is 2. The normalized spacial score (nSPS) is 10.4. The van der Waals surface area contributed by atoms with Crippen molar-refractivity contribution in [1.29, 1.82) is 0 Å². The third-order valence-electron chi connectivity index (χ3n) is 3.92. The fourth-order valence-corrected chi connectivity index (χ4v) is 3.22. The monoisotopic (exact) mass is 458 g/mol. The molecular weight excluding hydrogens is 444 g/mol. The van der Waals surface area contributed by atoms with Crippen LogP contribution in [0.2, 0.25) is 5.02 Å². The molecule has 0 heterocycles. The summed E-state index contributed by atoms with van der Waals surface area (Å²) in [4.78, 5) is 24.8. The van der Waals surface area contributed by atoms with E-state index in [2.05, 4.69) is 26.6 Å². The molecule has 3 aromatic carbocycles. The summed E-state index contributed by atoms with van der Waals surface area (Å²) in [6, 6.07) is 18.3. The minimum Gasteiger partial charge on any atom is -0.508 e. The van der Waals surface area contributed by atoms with Crippen LogP contribution in [-0.2, 0) is 6.54 Å². The lowest BCUT2D eigenvalue weighted by Crippen LogP contribution is -2.23. The molecule has 0 aliphatic carbocycles. The summed E-state index contributed by atoms with van der Waals surface area (Å²) in [6.07, 6.45) is 0. The number of anilines is 1. The number of halogens is 2. The Morgan fingerprint density at radius 2 is 1.75 bits per heavy atom. The first-order valence-electron chi connectivity index (χ1n) is 8.35. The molecule has 3 rings (SSSR count). The predicted molar refractivity (Wildman–Crippen MR) is 113 cm³/mol. The van der Waals surface area contributed by atoms with E-state index < -0.39 is 0 Å². The molecule has 0 fully saturated rings. The number of carbonyl (C=O) groups is 2. The van der Waals surface area contributed by atoms with Gasteiger partial charge in [-0.25, -0.2) is 0 Å². The first kappa shape index (κ1) is 19.9. The molecule has 0 spiro atoms. The number of aromatic hydroxyl groups is 1. The SMILES string of the molecule is O=C(NCc1cccc(O)c1)c1ccc(C(=O)Nc2cccc(Br)c2)c(Cl)c1. The molecule has 0 aliphatic heterocycles. The number of phenols is 1. The van der Waals surface area contributed by atoms with Crippen LogP contribution in [0.25, 0.3) is 0 Å². The molecular formula is C21H16BrClN2O3. The second-order valence-corrected chi connectivity index (χ2v) is 7.33. The van der Waals surface area contributed by atoms with Gasteiger partial charge in [0.05, 0.1) is 10.6 Å². The van der Waals surface area contributed by atoms with Crippen molar-refractivity contribution in [3.05, 3.63) is 92.9 Å². The van der Waals surface area contributed by atoms with Crippen molar-refractivity contribution in [2.45, 2.75) is 6.54 Å². The number of amides is 2. The molecule has 0 aromatic heterocycles. The van der Waals surface area contributed by atoms with E-state index >= 15 is 0 Å². The molecule has 3 N–H and O–H groups in total. The number of hydrogen-bond donors (Lipinski definition) is 3. The summed E-state index contributed by atoms with van der Waals surface area (Å²) >= 11 is 9.57. The van der Waals surface area contributed by atoms with Gasteiger partial charge in [-0.3, -0.25) is 9.59 Å². The van der Waals surface area contributed by atoms with Crippen LogP contribution >= 0.6 is 27.5 Å². The lowest BCUT2D eigenvalue weighted by Gasteiger charge is -2.10. The molecule has 0 bridgehead atoms. The minimum atomic E-state index is -0.366. The molecule has 28 heavy (non-hydrogen) atoms. The fraction of sp³-hybridized carbons (Fsp3) is 0.0476. The highest BCUT2D eigenvalue weighted by atomic mass is 79.9. The zero-order chi connectivity index (χ0) is 20.1. The summed E-state index contributed by atoms with van der Waals surface area (Å²) in [6.45, 7) is 0.260. The van der Waals surface area contributed by atoms with Crippen molar-refractivity contribution in [1.82, 2.24) is 5.32 Å². The smallest absolute Gasteiger partial charge is 0.257 e. The third kappa shape index (κ3) is 5.12. The Kier molecular flexibility index (Phi) is 6.34. The zero-order valence-corrected chi connectivity index (χ0v) is 16.9. The van der Waals surface area contributed by atoms with E-state index in [1.54, 1.807) is 48.5 Å². The molecule has 0 unspecified atom stereocenters. The van der Waals surface area contributed by atoms with Crippen LogP contribution in [0.5, 0.6) is 5.75 Å². The summed E-state index contributed by atoms with van der Waals surface area (Å²) in [5.41, 5.74) is 2.00. The first-order chi connectivity index (χ1) is 13.4. The molecule has 0 radical (unpaired) electrons. The number of rotatable bonds is 5. The average Bonchev–Trinajstić information content (AvgIpc) is 2.66. The zero-order valence-electron chi connectivity index (χ0n) is 14.6. The van der Waals surface area contributed by atoms with Gasteiger partial charge >= 0.3 is 0 Å². The van der Waals surface area contributed by atoms with Crippen molar-refractivity contribution in [2.75, 3.05) is 5.32 Å². The molecule has 7 heteroatoms. The highest BCUT2D eigenvalue weighted by molar-refractivity contribution is 9.10. The molecule has 5 nitrogen and oxygen atoms in total. The highest BCUT2D eigenvalue weighted by Crippen LogP contribution is 2.21. The summed E-state index contributed by atoms with van der Waals surface area (Å²) in [5, 5.41) is 15.2. The van der Waals surface area contributed by atoms with Crippen molar-refractivity contribution >= 4 is 45.0 Å². The van der Waals surface area contributed by atoms with Crippen LogP contribution in [0.15, 0.2) is 71.2 Å². The van der Waals surface area contributed by atoms with Crippen molar-refractivity contribution in [3.8, 4) is 5.75 Å². The fourth-order valence-electron chi connectivity index (χ4n) is 2.56. The maximum absolute atomic E-state index is 12.4. The molecule has 3 aromatic rings. The Balaban J connectivity index is 1.67. The Labute approximate surface area is 175 Å². The maximum atomic E-state index is 12.4. The van der Waals surface area contributed by atoms with Gasteiger partial charge in [0.2, 0.25) is 0 Å². The molecule has 2 amide bonds. The Morgan fingerprint density at radius 1 is 0.964 bits per heavy atom. The van der Waals surface area contributed by atoms with E-state index in [-0.39, 0.29) is 34.7 Å². The number of hydrogen-bond acceptors (Lipinski definition) is 3. The van der Waals surface area contributed by atoms with Crippen LogP contribution in [0.3, 0.4) is 0 Å². The van der Waals surface area contributed by atoms with Gasteiger partial charge < -0.3 is 15.7 Å². The van der Waals surface area contributed by atoms with Gasteiger partial charge in [0, 0.05) is 22.3 Å². The van der Waals surface area contributed by atoms with Crippen LogP contribution < -0.4 is 10.6 Å². The summed E-state index contributed by atoms with van der Waals surface area (Å²) in [5.74, 6) is -0.561. The molecule has 0 atom stereocenters. The van der Waals surface area contributed by atoms with E-state index in [0.29, 0.717) is 11.3 Å². The van der Waals surface area contributed by atoms with Gasteiger partial charge in [-0.1, -0.05) is 45.7 Å².